The zero-order chi connectivity index (χ0) is 24.3. The van der Waals surface area contributed by atoms with Crippen LogP contribution in [-0.4, -0.2) is 63.3 Å². The fourth-order valence-corrected chi connectivity index (χ4v) is 3.23. The first kappa shape index (κ1) is 24.8. The van der Waals surface area contributed by atoms with Gasteiger partial charge in [0.15, 0.2) is 11.5 Å². The second-order valence-electron chi connectivity index (χ2n) is 7.20. The van der Waals surface area contributed by atoms with Gasteiger partial charge in [-0.3, -0.25) is 4.79 Å². The molecule has 9 heteroatoms. The van der Waals surface area contributed by atoms with E-state index in [-0.39, 0.29) is 18.8 Å². The van der Waals surface area contributed by atoms with Gasteiger partial charge in [0, 0.05) is 30.6 Å². The molecule has 0 saturated carbocycles. The highest BCUT2D eigenvalue weighted by molar-refractivity contribution is 5.89. The molecule has 3 aromatic rings. The highest BCUT2D eigenvalue weighted by atomic mass is 16.5. The maximum Gasteiger partial charge on any atom is 0.248 e. The van der Waals surface area contributed by atoms with Crippen LogP contribution in [0.1, 0.15) is 0 Å². The van der Waals surface area contributed by atoms with Gasteiger partial charge >= 0.3 is 0 Å². The number of aromatic nitrogens is 1. The smallest absolute Gasteiger partial charge is 0.248 e. The molecular formula is C25H28N2O7. The number of aromatic amines is 1. The number of hydrogen-bond donors (Lipinski definition) is 3. The van der Waals surface area contributed by atoms with Gasteiger partial charge in [-0.1, -0.05) is 5.92 Å². The van der Waals surface area contributed by atoms with E-state index in [0.717, 1.165) is 0 Å². The Hall–Kier alpha value is -3.87. The normalized spacial score (nSPS) is 11.5. The number of hydrogen-bond acceptors (Lipinski definition) is 8. The fourth-order valence-electron chi connectivity index (χ4n) is 3.23. The average Bonchev–Trinajstić information content (AvgIpc) is 2.85. The molecule has 0 saturated heterocycles. The summed E-state index contributed by atoms with van der Waals surface area (Å²) in [5, 5.41) is 14.0. The summed E-state index contributed by atoms with van der Waals surface area (Å²) < 4.78 is 27.4. The number of methoxy groups -OCH3 is 2. The fraction of sp³-hybridized carbons (Fsp3) is 0.320. The largest absolute Gasteiger partial charge is 0.493 e. The number of fused-ring (bicyclic) bond motifs is 1. The first-order valence-corrected chi connectivity index (χ1v) is 10.6. The third-order valence-electron chi connectivity index (χ3n) is 4.84. The second-order valence-corrected chi connectivity index (χ2v) is 7.20. The van der Waals surface area contributed by atoms with Gasteiger partial charge in [0.25, 0.3) is 0 Å². The van der Waals surface area contributed by atoms with E-state index in [1.54, 1.807) is 50.6 Å². The number of benzene rings is 2. The summed E-state index contributed by atoms with van der Waals surface area (Å²) in [6.07, 6.45) is 4.50. The third-order valence-corrected chi connectivity index (χ3v) is 4.84. The first-order chi connectivity index (χ1) is 16.5. The van der Waals surface area contributed by atoms with Crippen LogP contribution in [0.15, 0.2) is 47.3 Å². The van der Waals surface area contributed by atoms with Crippen molar-refractivity contribution in [3.8, 4) is 41.1 Å². The van der Waals surface area contributed by atoms with Gasteiger partial charge in [-0.15, -0.1) is 6.42 Å². The maximum absolute atomic E-state index is 11.7. The van der Waals surface area contributed by atoms with Crippen molar-refractivity contribution in [3.05, 3.63) is 52.8 Å². The Bertz CT molecular complexity index is 1190. The van der Waals surface area contributed by atoms with Gasteiger partial charge in [0.05, 0.1) is 19.7 Å². The van der Waals surface area contributed by atoms with E-state index in [1.807, 2.05) is 0 Å². The van der Waals surface area contributed by atoms with Crippen molar-refractivity contribution in [2.45, 2.75) is 6.10 Å². The van der Waals surface area contributed by atoms with Crippen molar-refractivity contribution in [3.63, 3.8) is 0 Å². The molecule has 0 fully saturated rings. The summed E-state index contributed by atoms with van der Waals surface area (Å²) in [5.74, 6) is 5.23. The van der Waals surface area contributed by atoms with E-state index in [4.69, 9.17) is 30.1 Å². The molecule has 9 nitrogen and oxygen atoms in total. The maximum atomic E-state index is 11.7. The van der Waals surface area contributed by atoms with Crippen molar-refractivity contribution in [1.82, 2.24) is 10.3 Å². The highest BCUT2D eigenvalue weighted by Gasteiger charge is 2.12. The Labute approximate surface area is 197 Å². The molecule has 1 heterocycles. The van der Waals surface area contributed by atoms with Gasteiger partial charge in [-0.05, 0) is 30.3 Å². The molecule has 1 unspecified atom stereocenters. The summed E-state index contributed by atoms with van der Waals surface area (Å²) in [6.45, 7) is 1.37. The lowest BCUT2D eigenvalue weighted by molar-refractivity contribution is 0.106. The van der Waals surface area contributed by atoms with Crippen LogP contribution in [0.4, 0.5) is 0 Å². The SMILES string of the molecule is C#CCOc1ccc(OCC(O)CNCCOc2ccc(OC)c(OC)c2)c2ccc(=O)[nH]c12. The summed E-state index contributed by atoms with van der Waals surface area (Å²) in [7, 11) is 3.14. The van der Waals surface area contributed by atoms with E-state index in [1.165, 1.54) is 6.07 Å². The quantitative estimate of drug-likeness (QED) is 0.258. The first-order valence-electron chi connectivity index (χ1n) is 10.6. The minimum Gasteiger partial charge on any atom is -0.493 e. The number of nitrogens with one attached hydrogen (secondary N) is 2. The van der Waals surface area contributed by atoms with Gasteiger partial charge in [-0.2, -0.15) is 0 Å². The molecule has 0 aliphatic rings. The lowest BCUT2D eigenvalue weighted by Gasteiger charge is -2.16. The molecule has 1 atom stereocenters. The van der Waals surface area contributed by atoms with Crippen molar-refractivity contribution >= 4 is 10.9 Å². The monoisotopic (exact) mass is 468 g/mol. The highest BCUT2D eigenvalue weighted by Crippen LogP contribution is 2.31. The topological polar surface area (TPSA) is 111 Å². The average molecular weight is 469 g/mol. The minimum absolute atomic E-state index is 0.0579. The van der Waals surface area contributed by atoms with Crippen molar-refractivity contribution < 1.29 is 28.8 Å². The zero-order valence-electron chi connectivity index (χ0n) is 19.1. The molecule has 180 valence electrons. The van der Waals surface area contributed by atoms with Gasteiger partial charge in [-0.25, -0.2) is 0 Å². The molecule has 1 aromatic heterocycles. The molecule has 0 amide bonds. The summed E-state index contributed by atoms with van der Waals surface area (Å²) in [6, 6.07) is 11.7. The number of pyridine rings is 1. The molecule has 2 aromatic carbocycles. The van der Waals surface area contributed by atoms with Crippen LogP contribution in [0.2, 0.25) is 0 Å². The van der Waals surface area contributed by atoms with Gasteiger partial charge < -0.3 is 39.1 Å². The van der Waals surface area contributed by atoms with Crippen LogP contribution in [-0.2, 0) is 0 Å². The van der Waals surface area contributed by atoms with Crippen molar-refractivity contribution in [2.24, 2.45) is 0 Å². The molecule has 0 aliphatic heterocycles. The molecular weight excluding hydrogens is 440 g/mol. The van der Waals surface area contributed by atoms with Crippen LogP contribution >= 0.6 is 0 Å². The number of ether oxygens (including phenoxy) is 5. The summed E-state index contributed by atoms with van der Waals surface area (Å²) in [4.78, 5) is 14.5. The lowest BCUT2D eigenvalue weighted by atomic mass is 10.2. The van der Waals surface area contributed by atoms with E-state index in [9.17, 15) is 9.90 Å². The van der Waals surface area contributed by atoms with Crippen LogP contribution < -0.4 is 34.6 Å². The zero-order valence-corrected chi connectivity index (χ0v) is 19.1. The Morgan fingerprint density at radius 1 is 1.00 bits per heavy atom. The minimum atomic E-state index is -0.753. The molecule has 0 bridgehead atoms. The molecule has 0 spiro atoms. The van der Waals surface area contributed by atoms with Gasteiger partial charge in [0.2, 0.25) is 5.56 Å². The number of rotatable bonds is 13. The number of H-pyrrole nitrogens is 1. The van der Waals surface area contributed by atoms with Gasteiger partial charge in [0.1, 0.15) is 43.2 Å². The predicted octanol–water partition coefficient (Wildman–Crippen LogP) is 1.97. The number of terminal acetylenes is 1. The molecule has 0 aliphatic carbocycles. The Kier molecular flexibility index (Phi) is 9.03. The standard InChI is InChI=1S/C25H28N2O7/c1-4-12-33-22-9-8-20(19-6-10-24(29)27-25(19)22)34-16-17(28)15-26-11-13-32-18-5-7-21(30-2)23(14-18)31-3/h1,5-10,14,17,26,28H,11-13,15-16H2,2-3H3,(H,27,29). The van der Waals surface area contributed by atoms with E-state index >= 15 is 0 Å². The van der Waals surface area contributed by atoms with Crippen LogP contribution in [0.3, 0.4) is 0 Å². The van der Waals surface area contributed by atoms with Crippen LogP contribution in [0.25, 0.3) is 10.9 Å². The number of aliphatic hydroxyl groups is 1. The van der Waals surface area contributed by atoms with Crippen LogP contribution in [0, 0.1) is 12.3 Å². The summed E-state index contributed by atoms with van der Waals surface area (Å²) >= 11 is 0. The molecule has 3 N–H and O–H groups in total. The molecule has 0 radical (unpaired) electrons. The van der Waals surface area contributed by atoms with Crippen molar-refractivity contribution in [1.29, 1.82) is 0 Å². The summed E-state index contributed by atoms with van der Waals surface area (Å²) in [5.41, 5.74) is 0.218. The van der Waals surface area contributed by atoms with E-state index in [0.29, 0.717) is 59.3 Å². The lowest BCUT2D eigenvalue weighted by Crippen LogP contribution is -2.33. The third kappa shape index (κ3) is 6.57. The van der Waals surface area contributed by atoms with Crippen molar-refractivity contribution in [2.75, 3.05) is 47.1 Å². The number of aliphatic hydroxyl groups excluding tert-OH is 1. The second kappa shape index (κ2) is 12.4. The molecule has 3 rings (SSSR count). The predicted molar refractivity (Wildman–Crippen MR) is 128 cm³/mol. The van der Waals surface area contributed by atoms with Crippen LogP contribution in [0.5, 0.6) is 28.7 Å². The van der Waals surface area contributed by atoms with E-state index < -0.39 is 6.10 Å². The Morgan fingerprint density at radius 2 is 1.76 bits per heavy atom. The Morgan fingerprint density at radius 3 is 2.53 bits per heavy atom. The Balaban J connectivity index is 1.47. The van der Waals surface area contributed by atoms with E-state index in [2.05, 4.69) is 16.2 Å². The molecule has 34 heavy (non-hydrogen) atoms.